The zero-order valence-corrected chi connectivity index (χ0v) is 14.1. The maximum Gasteiger partial charge on any atom is 0.258 e. The molecule has 19 heavy (non-hydrogen) atoms. The van der Waals surface area contributed by atoms with E-state index < -0.39 is 7.26 Å². The van der Waals surface area contributed by atoms with Crippen molar-refractivity contribution in [2.45, 2.75) is 20.8 Å². The largest absolute Gasteiger partial charge is 1.00 e. The van der Waals surface area contributed by atoms with Gasteiger partial charge in [-0.3, -0.25) is 10.1 Å². The molecule has 0 aromatic heterocycles. The number of nitrogens with one attached hydrogen (secondary N) is 1. The monoisotopic (exact) mass is 317 g/mol. The lowest BCUT2D eigenvalue weighted by Crippen LogP contribution is -3.00. The van der Waals surface area contributed by atoms with E-state index in [9.17, 15) is 4.79 Å². The number of carbonyl (C=O) groups is 1. The van der Waals surface area contributed by atoms with E-state index in [4.69, 9.17) is 12.2 Å². The van der Waals surface area contributed by atoms with Crippen LogP contribution in [0.5, 0.6) is 0 Å². The topological polar surface area (TPSA) is 29.1 Å². The van der Waals surface area contributed by atoms with Crippen LogP contribution >= 0.6 is 19.5 Å². The molecule has 0 aliphatic carbocycles. The number of carbonyl (C=O) groups excluding carboxylic acids is 1. The van der Waals surface area contributed by atoms with Crippen molar-refractivity contribution in [3.63, 3.8) is 0 Å². The summed E-state index contributed by atoms with van der Waals surface area (Å²) in [6, 6.07) is 9.24. The molecule has 1 aromatic rings. The molecule has 0 unspecified atom stereocenters. The van der Waals surface area contributed by atoms with Crippen LogP contribution in [0.2, 0.25) is 0 Å². The number of hydrogen-bond acceptors (Lipinski definition) is 2. The number of benzene rings is 1. The molecule has 0 aliphatic rings. The predicted octanol–water partition coefficient (Wildman–Crippen LogP) is 0.783. The van der Waals surface area contributed by atoms with Crippen molar-refractivity contribution in [3.05, 3.63) is 35.9 Å². The van der Waals surface area contributed by atoms with Gasteiger partial charge in [-0.25, -0.2) is 0 Å². The normalized spacial score (nSPS) is 10.5. The van der Waals surface area contributed by atoms with Gasteiger partial charge >= 0.3 is 0 Å². The van der Waals surface area contributed by atoms with E-state index in [1.54, 1.807) is 0 Å². The minimum Gasteiger partial charge on any atom is -1.00 e. The minimum absolute atomic E-state index is 0. The molecule has 0 saturated carbocycles. The molecule has 1 aromatic carbocycles. The van der Waals surface area contributed by atoms with Crippen molar-refractivity contribution in [3.8, 4) is 0 Å². The van der Waals surface area contributed by atoms with Crippen molar-refractivity contribution in [2.24, 2.45) is 0 Å². The quantitative estimate of drug-likeness (QED) is 0.642. The van der Waals surface area contributed by atoms with Crippen molar-refractivity contribution >= 4 is 30.1 Å². The van der Waals surface area contributed by atoms with Gasteiger partial charge in [-0.2, -0.15) is 0 Å². The van der Waals surface area contributed by atoms with E-state index >= 15 is 0 Å². The first-order valence-corrected chi connectivity index (χ1v) is 9.12. The molecule has 0 radical (unpaired) electrons. The average molecular weight is 318 g/mol. The van der Waals surface area contributed by atoms with Gasteiger partial charge in [-0.1, -0.05) is 18.2 Å². The summed E-state index contributed by atoms with van der Waals surface area (Å²) < 4.78 is 0.781. The summed E-state index contributed by atoms with van der Waals surface area (Å²) in [7, 11) is -1.30. The number of amides is 1. The van der Waals surface area contributed by atoms with Gasteiger partial charge in [0.25, 0.3) is 5.91 Å². The first-order valence-electron chi connectivity index (χ1n) is 6.36. The Bertz CT molecular complexity index is 412. The molecule has 5 heteroatoms. The summed E-state index contributed by atoms with van der Waals surface area (Å²) in [6.07, 6.45) is 3.19. The third-order valence-corrected chi connectivity index (χ3v) is 9.37. The average Bonchev–Trinajstić information content (AvgIpc) is 2.42. The maximum absolute atomic E-state index is 12.1. The van der Waals surface area contributed by atoms with Crippen molar-refractivity contribution in [2.75, 3.05) is 18.5 Å². The van der Waals surface area contributed by atoms with E-state index in [1.807, 2.05) is 30.3 Å². The molecule has 0 fully saturated rings. The van der Waals surface area contributed by atoms with Gasteiger partial charge in [0.15, 0.2) is 0 Å². The van der Waals surface area contributed by atoms with Gasteiger partial charge in [0.2, 0.25) is 4.73 Å². The first-order chi connectivity index (χ1) is 8.59. The Morgan fingerprint density at radius 1 is 1.11 bits per heavy atom. The van der Waals surface area contributed by atoms with Gasteiger partial charge in [0, 0.05) is 5.56 Å². The summed E-state index contributed by atoms with van der Waals surface area (Å²) in [5.41, 5.74) is 0.668. The lowest BCUT2D eigenvalue weighted by molar-refractivity contribution is -0.0000120. The Balaban J connectivity index is 0.00000324. The number of halogens is 1. The highest BCUT2D eigenvalue weighted by Gasteiger charge is 2.38. The summed E-state index contributed by atoms with van der Waals surface area (Å²) in [4.78, 5) is 12.1. The lowest BCUT2D eigenvalue weighted by Gasteiger charge is -2.23. The summed E-state index contributed by atoms with van der Waals surface area (Å²) in [5.74, 6) is -0.0830. The number of hydrogen-bond donors (Lipinski definition) is 1. The second-order valence-electron chi connectivity index (χ2n) is 4.22. The summed E-state index contributed by atoms with van der Waals surface area (Å²) in [5, 5.41) is 2.93. The smallest absolute Gasteiger partial charge is 0.258 e. The second kappa shape index (κ2) is 8.63. The van der Waals surface area contributed by atoms with E-state index in [1.165, 1.54) is 0 Å². The number of rotatable bonds is 5. The van der Waals surface area contributed by atoms with Crippen molar-refractivity contribution < 1.29 is 17.2 Å². The molecule has 1 N–H and O–H groups in total. The van der Waals surface area contributed by atoms with E-state index in [0.717, 1.165) is 23.2 Å². The summed E-state index contributed by atoms with van der Waals surface area (Å²) >= 11 is 5.48. The molecular formula is C14H21ClNOPS. The Morgan fingerprint density at radius 3 is 2.00 bits per heavy atom. The van der Waals surface area contributed by atoms with Crippen LogP contribution in [0.4, 0.5) is 0 Å². The van der Waals surface area contributed by atoms with Crippen LogP contribution in [-0.2, 0) is 0 Å². The van der Waals surface area contributed by atoms with Gasteiger partial charge in [-0.05, 0) is 45.1 Å². The van der Waals surface area contributed by atoms with Crippen molar-refractivity contribution in [1.29, 1.82) is 0 Å². The highest BCUT2D eigenvalue weighted by Crippen LogP contribution is 2.58. The van der Waals surface area contributed by atoms with Gasteiger partial charge in [-0.15, -0.1) is 0 Å². The lowest BCUT2D eigenvalue weighted by atomic mass is 10.2. The van der Waals surface area contributed by atoms with Crippen LogP contribution in [0.1, 0.15) is 31.1 Å². The van der Waals surface area contributed by atoms with Crippen LogP contribution in [0.15, 0.2) is 30.3 Å². The van der Waals surface area contributed by atoms with Crippen LogP contribution in [-0.4, -0.2) is 29.1 Å². The van der Waals surface area contributed by atoms with Crippen LogP contribution in [0, 0.1) is 0 Å². The number of thiocarbonyl (C=S) groups is 1. The molecule has 0 heterocycles. The first kappa shape index (κ1) is 18.5. The third-order valence-electron chi connectivity index (χ3n) is 3.50. The Labute approximate surface area is 128 Å². The Kier molecular flexibility index (Phi) is 8.40. The molecule has 0 spiro atoms. The van der Waals surface area contributed by atoms with Crippen LogP contribution in [0.25, 0.3) is 0 Å². The van der Waals surface area contributed by atoms with Gasteiger partial charge in [0.1, 0.15) is 0 Å². The van der Waals surface area contributed by atoms with Crippen molar-refractivity contribution in [1.82, 2.24) is 5.32 Å². The van der Waals surface area contributed by atoms with E-state index in [-0.39, 0.29) is 18.3 Å². The Hall–Kier alpha value is -0.500. The highest BCUT2D eigenvalue weighted by atomic mass is 35.5. The molecule has 0 aliphatic heterocycles. The molecule has 1 rings (SSSR count). The van der Waals surface area contributed by atoms with Crippen LogP contribution < -0.4 is 17.7 Å². The fourth-order valence-corrected chi connectivity index (χ4v) is 5.78. The Morgan fingerprint density at radius 2 is 1.58 bits per heavy atom. The molecule has 0 saturated heterocycles. The molecular weight excluding hydrogens is 297 g/mol. The zero-order valence-electron chi connectivity index (χ0n) is 11.6. The minimum atomic E-state index is -1.30. The van der Waals surface area contributed by atoms with Gasteiger partial charge < -0.3 is 12.4 Å². The fraction of sp³-hybridized carbons (Fsp3) is 0.429. The highest BCUT2D eigenvalue weighted by molar-refractivity contribution is 8.06. The summed E-state index contributed by atoms with van der Waals surface area (Å²) in [6.45, 7) is 6.51. The van der Waals surface area contributed by atoms with E-state index in [2.05, 4.69) is 26.1 Å². The fourth-order valence-electron chi connectivity index (χ4n) is 1.98. The molecule has 0 bridgehead atoms. The van der Waals surface area contributed by atoms with Gasteiger partial charge in [0.05, 0.1) is 25.7 Å². The second-order valence-corrected chi connectivity index (χ2v) is 9.56. The molecule has 0 atom stereocenters. The molecule has 2 nitrogen and oxygen atoms in total. The SMILES string of the molecule is CC[P+](CC)(CC)C(=S)NC(=O)c1ccccc1.[Cl-]. The predicted molar refractivity (Wildman–Crippen MR) is 85.0 cm³/mol. The van der Waals surface area contributed by atoms with E-state index in [0.29, 0.717) is 5.56 Å². The molecule has 106 valence electrons. The third kappa shape index (κ3) is 4.52. The standard InChI is InChI=1S/C14H20NOPS.ClH/c1-4-17(5-2,6-3)14(18)15-13(16)12-10-8-7-9-11-12;/h7-11H,4-6H2,1-3H3;1H. The molecule has 1 amide bonds. The maximum atomic E-state index is 12.1. The van der Waals surface area contributed by atoms with Crippen LogP contribution in [0.3, 0.4) is 0 Å². The zero-order chi connectivity index (χ0) is 13.6.